The summed E-state index contributed by atoms with van der Waals surface area (Å²) in [5.74, 6) is 0.856. The molecule has 8 nitrogen and oxygen atoms in total. The average Bonchev–Trinajstić information content (AvgIpc) is 3.12. The molecule has 134 valence electrons. The average molecular weight is 356 g/mol. The molecule has 0 aromatic carbocycles. The van der Waals surface area contributed by atoms with Crippen LogP contribution in [0.4, 0.5) is 0 Å². The Labute approximate surface area is 142 Å². The predicted molar refractivity (Wildman–Crippen MR) is 88.1 cm³/mol. The SMILES string of the molecule is COc1cncc(OC2CCC(NS(=O)(=O)N3CCCC3)CC2)n1. The second-order valence-electron chi connectivity index (χ2n) is 6.22. The topological polar surface area (TPSA) is 93.7 Å². The van der Waals surface area contributed by atoms with Crippen molar-refractivity contribution >= 4 is 10.2 Å². The molecule has 2 aliphatic rings. The van der Waals surface area contributed by atoms with E-state index in [1.807, 2.05) is 0 Å². The van der Waals surface area contributed by atoms with Gasteiger partial charge < -0.3 is 9.47 Å². The fourth-order valence-electron chi connectivity index (χ4n) is 3.17. The van der Waals surface area contributed by atoms with Crippen LogP contribution in [0.15, 0.2) is 12.4 Å². The van der Waals surface area contributed by atoms with E-state index in [0.29, 0.717) is 24.8 Å². The summed E-state index contributed by atoms with van der Waals surface area (Å²) in [7, 11) is -1.81. The third-order valence-corrected chi connectivity index (χ3v) is 6.16. The Balaban J connectivity index is 1.48. The van der Waals surface area contributed by atoms with Crippen LogP contribution in [0.25, 0.3) is 0 Å². The molecule has 24 heavy (non-hydrogen) atoms. The van der Waals surface area contributed by atoms with Gasteiger partial charge >= 0.3 is 0 Å². The van der Waals surface area contributed by atoms with Crippen molar-refractivity contribution in [2.45, 2.75) is 50.7 Å². The molecule has 0 radical (unpaired) electrons. The first kappa shape index (κ1) is 17.4. The van der Waals surface area contributed by atoms with Gasteiger partial charge in [0.25, 0.3) is 10.2 Å². The summed E-state index contributed by atoms with van der Waals surface area (Å²) < 4.78 is 39.8. The molecule has 0 amide bonds. The largest absolute Gasteiger partial charge is 0.480 e. The summed E-state index contributed by atoms with van der Waals surface area (Å²) in [4.78, 5) is 8.21. The molecule has 1 aromatic heterocycles. The Kier molecular flexibility index (Phi) is 5.52. The molecule has 3 rings (SSSR count). The van der Waals surface area contributed by atoms with Crippen molar-refractivity contribution < 1.29 is 17.9 Å². The van der Waals surface area contributed by atoms with E-state index < -0.39 is 10.2 Å². The van der Waals surface area contributed by atoms with E-state index in [2.05, 4.69) is 14.7 Å². The monoisotopic (exact) mass is 356 g/mol. The molecule has 2 fully saturated rings. The minimum Gasteiger partial charge on any atom is -0.480 e. The summed E-state index contributed by atoms with van der Waals surface area (Å²) in [6.07, 6.45) is 8.09. The number of methoxy groups -OCH3 is 1. The van der Waals surface area contributed by atoms with Crippen molar-refractivity contribution in [3.8, 4) is 11.8 Å². The van der Waals surface area contributed by atoms with Crippen molar-refractivity contribution in [1.82, 2.24) is 19.0 Å². The van der Waals surface area contributed by atoms with Gasteiger partial charge in [-0.1, -0.05) is 0 Å². The van der Waals surface area contributed by atoms with Gasteiger partial charge in [-0.3, -0.25) is 4.98 Å². The van der Waals surface area contributed by atoms with E-state index in [1.54, 1.807) is 10.5 Å². The zero-order valence-corrected chi connectivity index (χ0v) is 14.7. The first-order chi connectivity index (χ1) is 11.6. The number of nitrogens with zero attached hydrogens (tertiary/aromatic N) is 3. The number of aromatic nitrogens is 2. The van der Waals surface area contributed by atoms with Crippen LogP contribution in [0.1, 0.15) is 38.5 Å². The maximum Gasteiger partial charge on any atom is 0.279 e. The van der Waals surface area contributed by atoms with Gasteiger partial charge in [0.1, 0.15) is 6.10 Å². The summed E-state index contributed by atoms with van der Waals surface area (Å²) in [6, 6.07) is -0.0214. The fraction of sp³-hybridized carbons (Fsp3) is 0.733. The Morgan fingerprint density at radius 1 is 1.12 bits per heavy atom. The number of hydrogen-bond acceptors (Lipinski definition) is 6. The fourth-order valence-corrected chi connectivity index (χ4v) is 4.71. The minimum absolute atomic E-state index is 0.0214. The van der Waals surface area contributed by atoms with E-state index in [9.17, 15) is 8.42 Å². The smallest absolute Gasteiger partial charge is 0.279 e. The van der Waals surface area contributed by atoms with Gasteiger partial charge in [0.05, 0.1) is 19.5 Å². The van der Waals surface area contributed by atoms with E-state index in [0.717, 1.165) is 38.5 Å². The lowest BCUT2D eigenvalue weighted by molar-refractivity contribution is 0.136. The third-order valence-electron chi connectivity index (χ3n) is 4.48. The summed E-state index contributed by atoms with van der Waals surface area (Å²) in [5, 5.41) is 0. The Hall–Kier alpha value is -1.45. The zero-order valence-electron chi connectivity index (χ0n) is 13.8. The van der Waals surface area contributed by atoms with Crippen LogP contribution in [-0.4, -0.2) is 55.0 Å². The summed E-state index contributed by atoms with van der Waals surface area (Å²) in [5.41, 5.74) is 0. The molecule has 0 unspecified atom stereocenters. The Morgan fingerprint density at radius 3 is 2.46 bits per heavy atom. The predicted octanol–water partition coefficient (Wildman–Crippen LogP) is 1.11. The standard InChI is InChI=1S/C15H24N4O4S/c1-22-14-10-16-11-15(17-14)23-13-6-4-12(5-7-13)18-24(20,21)19-8-2-3-9-19/h10-13,18H,2-9H2,1H3. The van der Waals surface area contributed by atoms with Crippen molar-refractivity contribution in [3.05, 3.63) is 12.4 Å². The number of hydrogen-bond donors (Lipinski definition) is 1. The second kappa shape index (κ2) is 7.62. The van der Waals surface area contributed by atoms with E-state index in [-0.39, 0.29) is 12.1 Å². The van der Waals surface area contributed by atoms with E-state index in [1.165, 1.54) is 13.3 Å². The van der Waals surface area contributed by atoms with E-state index >= 15 is 0 Å². The molecule has 0 bridgehead atoms. The molecule has 9 heteroatoms. The van der Waals surface area contributed by atoms with Gasteiger partial charge in [-0.15, -0.1) is 0 Å². The van der Waals surface area contributed by atoms with Crippen LogP contribution in [0, 0.1) is 0 Å². The molecule has 1 aliphatic heterocycles. The molecule has 0 atom stereocenters. The highest BCUT2D eigenvalue weighted by molar-refractivity contribution is 7.87. The van der Waals surface area contributed by atoms with Gasteiger partial charge in [-0.25, -0.2) is 0 Å². The molecule has 1 N–H and O–H groups in total. The maximum absolute atomic E-state index is 12.3. The highest BCUT2D eigenvalue weighted by atomic mass is 32.2. The summed E-state index contributed by atoms with van der Waals surface area (Å²) in [6.45, 7) is 1.25. The highest BCUT2D eigenvalue weighted by Crippen LogP contribution is 2.24. The van der Waals surface area contributed by atoms with Crippen molar-refractivity contribution in [2.24, 2.45) is 0 Å². The molecule has 1 aromatic rings. The second-order valence-corrected chi connectivity index (χ2v) is 7.92. The van der Waals surface area contributed by atoms with Gasteiger partial charge in [-0.05, 0) is 38.5 Å². The normalized spacial score (nSPS) is 25.5. The molecular weight excluding hydrogens is 332 g/mol. The van der Waals surface area contributed by atoms with Crippen molar-refractivity contribution in [3.63, 3.8) is 0 Å². The van der Waals surface area contributed by atoms with E-state index in [4.69, 9.17) is 9.47 Å². The van der Waals surface area contributed by atoms with Crippen LogP contribution < -0.4 is 14.2 Å². The molecule has 2 heterocycles. The quantitative estimate of drug-likeness (QED) is 0.820. The van der Waals surface area contributed by atoms with Crippen LogP contribution in [0.5, 0.6) is 11.8 Å². The molecular formula is C15H24N4O4S. The highest BCUT2D eigenvalue weighted by Gasteiger charge is 2.30. The van der Waals surface area contributed by atoms with Crippen molar-refractivity contribution in [2.75, 3.05) is 20.2 Å². The third kappa shape index (κ3) is 4.34. The molecule has 0 spiro atoms. The molecule has 1 saturated carbocycles. The van der Waals surface area contributed by atoms with Gasteiger partial charge in [-0.2, -0.15) is 22.4 Å². The Morgan fingerprint density at radius 2 is 1.79 bits per heavy atom. The van der Waals surface area contributed by atoms with Gasteiger partial charge in [0.2, 0.25) is 11.8 Å². The summed E-state index contributed by atoms with van der Waals surface area (Å²) >= 11 is 0. The van der Waals surface area contributed by atoms with Gasteiger partial charge in [0, 0.05) is 19.1 Å². The first-order valence-electron chi connectivity index (χ1n) is 8.37. The number of rotatable bonds is 6. The number of nitrogens with one attached hydrogen (secondary N) is 1. The molecule has 1 aliphatic carbocycles. The van der Waals surface area contributed by atoms with Crippen LogP contribution >= 0.6 is 0 Å². The van der Waals surface area contributed by atoms with Crippen LogP contribution in [0.3, 0.4) is 0 Å². The first-order valence-corrected chi connectivity index (χ1v) is 9.81. The zero-order chi connectivity index (χ0) is 17.0. The lowest BCUT2D eigenvalue weighted by Crippen LogP contribution is -2.46. The van der Waals surface area contributed by atoms with Crippen LogP contribution in [0.2, 0.25) is 0 Å². The minimum atomic E-state index is -3.34. The maximum atomic E-state index is 12.3. The number of ether oxygens (including phenoxy) is 2. The lowest BCUT2D eigenvalue weighted by atomic mass is 9.94. The van der Waals surface area contributed by atoms with Gasteiger partial charge in [0.15, 0.2) is 0 Å². The van der Waals surface area contributed by atoms with Crippen molar-refractivity contribution in [1.29, 1.82) is 0 Å². The molecule has 1 saturated heterocycles. The lowest BCUT2D eigenvalue weighted by Gasteiger charge is -2.30. The Bertz CT molecular complexity index is 641. The van der Waals surface area contributed by atoms with Crippen LogP contribution in [-0.2, 0) is 10.2 Å².